The lowest BCUT2D eigenvalue weighted by molar-refractivity contribution is -0.156. The van der Waals surface area contributed by atoms with Gasteiger partial charge < -0.3 is 19.3 Å². The summed E-state index contributed by atoms with van der Waals surface area (Å²) in [6.07, 6.45) is -3.19. The molecule has 6 nitrogen and oxygen atoms in total. The first-order chi connectivity index (χ1) is 14.5. The Hall–Kier alpha value is -3.05. The quantitative estimate of drug-likeness (QED) is 0.456. The van der Waals surface area contributed by atoms with E-state index in [1.54, 1.807) is 0 Å². The minimum absolute atomic E-state index is 0.823. The van der Waals surface area contributed by atoms with Crippen LogP contribution in [0.1, 0.15) is 16.7 Å². The molecule has 1 saturated heterocycles. The number of aliphatic carboxylic acids is 2. The van der Waals surface area contributed by atoms with Crippen molar-refractivity contribution >= 4 is 20.3 Å². The van der Waals surface area contributed by atoms with Crippen molar-refractivity contribution in [1.29, 1.82) is 0 Å². The van der Waals surface area contributed by atoms with Gasteiger partial charge in [0.25, 0.3) is 0 Å². The summed E-state index contributed by atoms with van der Waals surface area (Å²) < 4.78 is 11.8. The first-order valence-electron chi connectivity index (χ1n) is 9.31. The summed E-state index contributed by atoms with van der Waals surface area (Å²) in [5, 5.41) is 18.1. The lowest BCUT2D eigenvalue weighted by atomic mass is 9.84. The summed E-state index contributed by atoms with van der Waals surface area (Å²) in [7, 11) is -2.03. The average Bonchev–Trinajstić information content (AvgIpc) is 3.23. The van der Waals surface area contributed by atoms with E-state index in [0.29, 0.717) is 0 Å². The van der Waals surface area contributed by atoms with E-state index in [9.17, 15) is 19.8 Å². The molecule has 2 atom stereocenters. The highest BCUT2D eigenvalue weighted by Crippen LogP contribution is 2.68. The number of hydrogen-bond donors (Lipinski definition) is 2. The molecule has 2 N–H and O–H groups in total. The number of carbonyl (C=O) groups is 2. The maximum Gasteiger partial charge on any atom is 0.336 e. The molecule has 0 aromatic heterocycles. The Morgan fingerprint density at radius 3 is 1.20 bits per heavy atom. The Kier molecular flexibility index (Phi) is 5.64. The van der Waals surface area contributed by atoms with Crippen molar-refractivity contribution in [3.8, 4) is 0 Å². The Labute approximate surface area is 174 Å². The van der Waals surface area contributed by atoms with Gasteiger partial charge in [-0.1, -0.05) is 91.0 Å². The van der Waals surface area contributed by atoms with Gasteiger partial charge in [-0.15, -0.1) is 0 Å². The van der Waals surface area contributed by atoms with E-state index >= 15 is 0 Å². The number of hydrogen-bond acceptors (Lipinski definition) is 4. The first kappa shape index (κ1) is 20.2. The van der Waals surface area contributed by atoms with E-state index in [2.05, 4.69) is 0 Å². The average molecular weight is 422 g/mol. The molecule has 1 aliphatic heterocycles. The predicted molar refractivity (Wildman–Crippen MR) is 111 cm³/mol. The van der Waals surface area contributed by atoms with Crippen LogP contribution in [-0.4, -0.2) is 34.4 Å². The second-order valence-electron chi connectivity index (χ2n) is 6.79. The number of benzene rings is 3. The highest BCUT2D eigenvalue weighted by molar-refractivity contribution is 7.49. The zero-order chi connectivity index (χ0) is 21.1. The molecule has 1 heterocycles. The zero-order valence-corrected chi connectivity index (χ0v) is 16.7. The minimum Gasteiger partial charge on any atom is -0.479 e. The molecule has 1 fully saturated rings. The minimum atomic E-state index is -2.03. The SMILES string of the molecule is O=C(O)C1OP(C(c2ccccc2)(c2ccccc2)c2ccccc2)OC1C(=O)O. The second kappa shape index (κ2) is 8.36. The van der Waals surface area contributed by atoms with Gasteiger partial charge >= 0.3 is 11.9 Å². The molecule has 152 valence electrons. The molecule has 30 heavy (non-hydrogen) atoms. The van der Waals surface area contributed by atoms with Gasteiger partial charge in [0.15, 0.2) is 20.6 Å². The van der Waals surface area contributed by atoms with Gasteiger partial charge in [-0.05, 0) is 16.7 Å². The lowest BCUT2D eigenvalue weighted by Crippen LogP contribution is -2.36. The van der Waals surface area contributed by atoms with Crippen LogP contribution in [0.3, 0.4) is 0 Å². The standard InChI is InChI=1S/C23H19O6P/c24-21(25)19-20(22(26)27)29-30(28-19)23(16-10-4-1-5-11-16,17-12-6-2-7-13-17)18-14-8-3-9-15-18/h1-15,19-20H,(H,24,25)(H,26,27). The van der Waals surface area contributed by atoms with Crippen LogP contribution >= 0.6 is 8.38 Å². The molecular weight excluding hydrogens is 403 g/mol. The molecule has 4 rings (SSSR count). The highest BCUT2D eigenvalue weighted by Gasteiger charge is 2.56. The molecule has 3 aromatic rings. The number of carboxylic acids is 2. The maximum absolute atomic E-state index is 11.7. The molecule has 0 bridgehead atoms. The lowest BCUT2D eigenvalue weighted by Gasteiger charge is -2.38. The normalized spacial score (nSPS) is 21.3. The van der Waals surface area contributed by atoms with E-state index in [1.165, 1.54) is 0 Å². The fraction of sp³-hybridized carbons (Fsp3) is 0.130. The van der Waals surface area contributed by atoms with Crippen molar-refractivity contribution in [2.45, 2.75) is 17.4 Å². The monoisotopic (exact) mass is 422 g/mol. The Morgan fingerprint density at radius 1 is 0.633 bits per heavy atom. The second-order valence-corrected chi connectivity index (χ2v) is 8.40. The third-order valence-corrected chi connectivity index (χ3v) is 7.19. The number of carboxylic acid groups (broad SMARTS) is 2. The van der Waals surface area contributed by atoms with Gasteiger partial charge in [0.05, 0.1) is 0 Å². The Morgan fingerprint density at radius 2 is 0.933 bits per heavy atom. The van der Waals surface area contributed by atoms with Crippen molar-refractivity contribution < 1.29 is 28.8 Å². The summed E-state index contributed by atoms with van der Waals surface area (Å²) in [5.41, 5.74) is 2.47. The molecule has 3 aromatic carbocycles. The predicted octanol–water partition coefficient (Wildman–Crippen LogP) is 4.24. The van der Waals surface area contributed by atoms with Crippen LogP contribution in [0.4, 0.5) is 0 Å². The topological polar surface area (TPSA) is 93.1 Å². The van der Waals surface area contributed by atoms with Crippen LogP contribution in [0.2, 0.25) is 0 Å². The third kappa shape index (κ3) is 3.39. The molecule has 2 unspecified atom stereocenters. The molecule has 0 radical (unpaired) electrons. The molecule has 0 saturated carbocycles. The van der Waals surface area contributed by atoms with Gasteiger partial charge in [0.2, 0.25) is 0 Å². The van der Waals surface area contributed by atoms with Gasteiger partial charge in [-0.2, -0.15) is 0 Å². The zero-order valence-electron chi connectivity index (χ0n) is 15.8. The highest BCUT2D eigenvalue weighted by atomic mass is 31.2. The maximum atomic E-state index is 11.7. The summed E-state index contributed by atoms with van der Waals surface area (Å²) >= 11 is 0. The number of rotatable bonds is 6. The van der Waals surface area contributed by atoms with Gasteiger partial charge in [0.1, 0.15) is 5.16 Å². The van der Waals surface area contributed by atoms with E-state index in [-0.39, 0.29) is 0 Å². The van der Waals surface area contributed by atoms with Crippen molar-refractivity contribution in [1.82, 2.24) is 0 Å². The van der Waals surface area contributed by atoms with E-state index in [4.69, 9.17) is 9.05 Å². The van der Waals surface area contributed by atoms with Crippen molar-refractivity contribution in [3.63, 3.8) is 0 Å². The van der Waals surface area contributed by atoms with Crippen LogP contribution in [0.5, 0.6) is 0 Å². The van der Waals surface area contributed by atoms with E-state index in [1.807, 2.05) is 91.0 Å². The van der Waals surface area contributed by atoms with Crippen LogP contribution in [0, 0.1) is 0 Å². The summed E-state index contributed by atoms with van der Waals surface area (Å²) in [6.45, 7) is 0. The molecule has 0 amide bonds. The summed E-state index contributed by atoms with van der Waals surface area (Å²) in [6, 6.07) is 28.4. The van der Waals surface area contributed by atoms with Gasteiger partial charge in [-0.25, -0.2) is 9.59 Å². The van der Waals surface area contributed by atoms with Crippen molar-refractivity contribution in [2.75, 3.05) is 0 Å². The smallest absolute Gasteiger partial charge is 0.336 e. The molecule has 1 aliphatic rings. The van der Waals surface area contributed by atoms with Crippen LogP contribution in [-0.2, 0) is 23.8 Å². The van der Waals surface area contributed by atoms with Gasteiger partial charge in [-0.3, -0.25) is 0 Å². The molecule has 7 heteroatoms. The fourth-order valence-corrected chi connectivity index (χ4v) is 5.96. The van der Waals surface area contributed by atoms with Crippen LogP contribution in [0.25, 0.3) is 0 Å². The van der Waals surface area contributed by atoms with E-state index in [0.717, 1.165) is 16.7 Å². The van der Waals surface area contributed by atoms with Crippen molar-refractivity contribution in [3.05, 3.63) is 108 Å². The largest absolute Gasteiger partial charge is 0.479 e. The van der Waals surface area contributed by atoms with E-state index < -0.39 is 37.7 Å². The summed E-state index contributed by atoms with van der Waals surface area (Å²) in [5.74, 6) is -2.73. The fourth-order valence-electron chi connectivity index (χ4n) is 3.70. The molecule has 0 spiro atoms. The van der Waals surface area contributed by atoms with Crippen LogP contribution < -0.4 is 0 Å². The first-order valence-corrected chi connectivity index (χ1v) is 10.5. The van der Waals surface area contributed by atoms with Crippen molar-refractivity contribution in [2.24, 2.45) is 0 Å². The van der Waals surface area contributed by atoms with Gasteiger partial charge in [0, 0.05) is 0 Å². The molecule has 0 aliphatic carbocycles. The Balaban J connectivity index is 1.99. The molecular formula is C23H19O6P. The third-order valence-electron chi connectivity index (χ3n) is 5.03. The summed E-state index contributed by atoms with van der Waals surface area (Å²) in [4.78, 5) is 23.5. The Bertz CT molecular complexity index is 907. The van der Waals surface area contributed by atoms with Crippen LogP contribution in [0.15, 0.2) is 91.0 Å².